The molecule has 0 aliphatic carbocycles. The van der Waals surface area contributed by atoms with Crippen molar-refractivity contribution in [2.75, 3.05) is 38.2 Å². The third-order valence-corrected chi connectivity index (χ3v) is 6.88. The lowest BCUT2D eigenvalue weighted by Crippen LogP contribution is -2.48. The summed E-state index contributed by atoms with van der Waals surface area (Å²) < 4.78 is 5.43. The number of piperazine rings is 1. The van der Waals surface area contributed by atoms with Crippen LogP contribution in [-0.2, 0) is 0 Å². The Morgan fingerprint density at radius 1 is 0.676 bits per heavy atom. The lowest BCUT2D eigenvalue weighted by molar-refractivity contribution is 0.209. The van der Waals surface area contributed by atoms with Gasteiger partial charge in [0.15, 0.2) is 0 Å². The standard InChI is InChI=1S/C31H38N2O/c1-23(2)30(25-9-7-6-8-10-25)31(27-13-17-29(34-5)18-14-27)26-11-15-28(16-12-26)33-21-19-32(20-22-33)24(3)4/h6-18,23-24H,19-22H2,1-5H3/b31-30+. The molecule has 1 saturated heterocycles. The fourth-order valence-electron chi connectivity index (χ4n) is 4.95. The van der Waals surface area contributed by atoms with Gasteiger partial charge in [0.1, 0.15) is 5.75 Å². The number of benzene rings is 3. The van der Waals surface area contributed by atoms with Crippen LogP contribution in [0.15, 0.2) is 78.9 Å². The Balaban J connectivity index is 1.73. The smallest absolute Gasteiger partial charge is 0.118 e. The van der Waals surface area contributed by atoms with Crippen molar-refractivity contribution >= 4 is 16.8 Å². The van der Waals surface area contributed by atoms with Crippen LogP contribution < -0.4 is 9.64 Å². The van der Waals surface area contributed by atoms with Crippen molar-refractivity contribution in [2.24, 2.45) is 5.92 Å². The SMILES string of the molecule is COc1ccc(/C(=C(/c2ccccc2)C(C)C)c2ccc(N3CCN(C(C)C)CC3)cc2)cc1. The summed E-state index contributed by atoms with van der Waals surface area (Å²) in [5, 5.41) is 0. The van der Waals surface area contributed by atoms with Crippen molar-refractivity contribution in [3.05, 3.63) is 95.6 Å². The minimum absolute atomic E-state index is 0.378. The number of anilines is 1. The van der Waals surface area contributed by atoms with Crippen molar-refractivity contribution in [2.45, 2.75) is 33.7 Å². The molecule has 0 spiro atoms. The predicted octanol–water partition coefficient (Wildman–Crippen LogP) is 6.84. The first kappa shape index (κ1) is 24.1. The Morgan fingerprint density at radius 2 is 1.24 bits per heavy atom. The van der Waals surface area contributed by atoms with E-state index in [-0.39, 0.29) is 0 Å². The van der Waals surface area contributed by atoms with E-state index in [2.05, 4.69) is 116 Å². The summed E-state index contributed by atoms with van der Waals surface area (Å²) in [4.78, 5) is 5.07. The fourth-order valence-corrected chi connectivity index (χ4v) is 4.95. The Hall–Kier alpha value is -3.04. The number of hydrogen-bond donors (Lipinski definition) is 0. The topological polar surface area (TPSA) is 15.7 Å². The second kappa shape index (κ2) is 10.9. The molecule has 0 amide bonds. The Kier molecular flexibility index (Phi) is 7.74. The van der Waals surface area contributed by atoms with E-state index < -0.39 is 0 Å². The van der Waals surface area contributed by atoms with Crippen LogP contribution in [0.2, 0.25) is 0 Å². The molecule has 0 atom stereocenters. The van der Waals surface area contributed by atoms with E-state index in [4.69, 9.17) is 4.74 Å². The van der Waals surface area contributed by atoms with Crippen LogP contribution in [-0.4, -0.2) is 44.2 Å². The zero-order chi connectivity index (χ0) is 24.1. The van der Waals surface area contributed by atoms with E-state index in [9.17, 15) is 0 Å². The van der Waals surface area contributed by atoms with Crippen molar-refractivity contribution in [1.82, 2.24) is 4.90 Å². The average Bonchev–Trinajstić information content (AvgIpc) is 2.88. The number of nitrogens with zero attached hydrogens (tertiary/aromatic N) is 2. The van der Waals surface area contributed by atoms with Gasteiger partial charge in [0.2, 0.25) is 0 Å². The normalized spacial score (nSPS) is 15.6. The Bertz CT molecular complexity index is 1070. The minimum atomic E-state index is 0.378. The molecule has 0 radical (unpaired) electrons. The maximum Gasteiger partial charge on any atom is 0.118 e. The first-order valence-corrected chi connectivity index (χ1v) is 12.5. The highest BCUT2D eigenvalue weighted by Gasteiger charge is 2.20. The van der Waals surface area contributed by atoms with Gasteiger partial charge in [-0.3, -0.25) is 4.90 Å². The van der Waals surface area contributed by atoms with E-state index >= 15 is 0 Å². The molecule has 1 fully saturated rings. The third kappa shape index (κ3) is 5.37. The van der Waals surface area contributed by atoms with E-state index in [1.54, 1.807) is 7.11 Å². The summed E-state index contributed by atoms with van der Waals surface area (Å²) in [7, 11) is 1.72. The third-order valence-electron chi connectivity index (χ3n) is 6.88. The van der Waals surface area contributed by atoms with Gasteiger partial charge in [-0.15, -0.1) is 0 Å². The number of rotatable bonds is 7. The molecule has 3 aromatic carbocycles. The quantitative estimate of drug-likeness (QED) is 0.364. The molecule has 34 heavy (non-hydrogen) atoms. The summed E-state index contributed by atoms with van der Waals surface area (Å²) in [5.74, 6) is 1.26. The van der Waals surface area contributed by atoms with E-state index in [0.29, 0.717) is 12.0 Å². The zero-order valence-electron chi connectivity index (χ0n) is 21.3. The van der Waals surface area contributed by atoms with Crippen LogP contribution in [0.3, 0.4) is 0 Å². The van der Waals surface area contributed by atoms with Gasteiger partial charge in [0.05, 0.1) is 7.11 Å². The van der Waals surface area contributed by atoms with Crippen LogP contribution in [0.5, 0.6) is 5.75 Å². The molecule has 0 saturated carbocycles. The van der Waals surface area contributed by atoms with Gasteiger partial charge >= 0.3 is 0 Å². The van der Waals surface area contributed by atoms with Gasteiger partial charge in [-0.25, -0.2) is 0 Å². The van der Waals surface area contributed by atoms with Crippen molar-refractivity contribution in [3.8, 4) is 5.75 Å². The largest absolute Gasteiger partial charge is 0.497 e. The molecule has 3 aromatic rings. The van der Waals surface area contributed by atoms with Gasteiger partial charge < -0.3 is 9.64 Å². The first-order chi connectivity index (χ1) is 16.5. The fraction of sp³-hybridized carbons (Fsp3) is 0.355. The second-order valence-corrected chi connectivity index (χ2v) is 9.70. The molecule has 1 aliphatic rings. The van der Waals surface area contributed by atoms with Crippen LogP contribution in [0.25, 0.3) is 11.1 Å². The zero-order valence-corrected chi connectivity index (χ0v) is 21.3. The highest BCUT2D eigenvalue weighted by Crippen LogP contribution is 2.38. The van der Waals surface area contributed by atoms with Crippen LogP contribution >= 0.6 is 0 Å². The van der Waals surface area contributed by atoms with Crippen molar-refractivity contribution in [1.29, 1.82) is 0 Å². The molecular weight excluding hydrogens is 416 g/mol. The highest BCUT2D eigenvalue weighted by atomic mass is 16.5. The summed E-state index contributed by atoms with van der Waals surface area (Å²) >= 11 is 0. The summed E-state index contributed by atoms with van der Waals surface area (Å²) in [6.07, 6.45) is 0. The molecule has 178 valence electrons. The maximum absolute atomic E-state index is 5.43. The lowest BCUT2D eigenvalue weighted by Gasteiger charge is -2.38. The lowest BCUT2D eigenvalue weighted by atomic mass is 9.84. The second-order valence-electron chi connectivity index (χ2n) is 9.70. The van der Waals surface area contributed by atoms with E-state index in [1.807, 2.05) is 0 Å². The molecule has 4 rings (SSSR count). The van der Waals surface area contributed by atoms with Gasteiger partial charge in [-0.2, -0.15) is 0 Å². The number of ether oxygens (including phenoxy) is 1. The first-order valence-electron chi connectivity index (χ1n) is 12.5. The predicted molar refractivity (Wildman–Crippen MR) is 146 cm³/mol. The van der Waals surface area contributed by atoms with Crippen molar-refractivity contribution in [3.63, 3.8) is 0 Å². The van der Waals surface area contributed by atoms with Gasteiger partial charge in [-0.1, -0.05) is 68.4 Å². The number of allylic oxidation sites excluding steroid dienone is 1. The molecule has 0 unspecified atom stereocenters. The molecule has 1 heterocycles. The van der Waals surface area contributed by atoms with E-state index in [1.165, 1.54) is 33.5 Å². The molecule has 1 aliphatic heterocycles. The molecule has 3 nitrogen and oxygen atoms in total. The van der Waals surface area contributed by atoms with Gasteiger partial charge in [0.25, 0.3) is 0 Å². The summed E-state index contributed by atoms with van der Waals surface area (Å²) in [6, 6.07) is 29.1. The van der Waals surface area contributed by atoms with E-state index in [0.717, 1.165) is 31.9 Å². The molecule has 0 bridgehead atoms. The monoisotopic (exact) mass is 454 g/mol. The van der Waals surface area contributed by atoms with Gasteiger partial charge in [0, 0.05) is 37.9 Å². The molecular formula is C31H38N2O. The highest BCUT2D eigenvalue weighted by molar-refractivity contribution is 5.99. The average molecular weight is 455 g/mol. The summed E-state index contributed by atoms with van der Waals surface area (Å²) in [6.45, 7) is 13.6. The van der Waals surface area contributed by atoms with Crippen LogP contribution in [0.4, 0.5) is 5.69 Å². The van der Waals surface area contributed by atoms with Crippen molar-refractivity contribution < 1.29 is 4.74 Å². The Morgan fingerprint density at radius 3 is 1.74 bits per heavy atom. The maximum atomic E-state index is 5.43. The summed E-state index contributed by atoms with van der Waals surface area (Å²) in [5.41, 5.74) is 7.71. The molecule has 0 N–H and O–H groups in total. The van der Waals surface area contributed by atoms with Gasteiger partial charge in [-0.05, 0) is 71.9 Å². The van der Waals surface area contributed by atoms with Crippen LogP contribution in [0, 0.1) is 5.92 Å². The molecule has 0 aromatic heterocycles. The minimum Gasteiger partial charge on any atom is -0.497 e. The Labute approximate surface area is 205 Å². The molecule has 3 heteroatoms. The van der Waals surface area contributed by atoms with Crippen LogP contribution in [0.1, 0.15) is 44.4 Å². The number of hydrogen-bond acceptors (Lipinski definition) is 3. The number of methoxy groups -OCH3 is 1.